The fourth-order valence-electron chi connectivity index (χ4n) is 2.56. The first-order valence-electron chi connectivity index (χ1n) is 6.79. The van der Waals surface area contributed by atoms with Crippen molar-refractivity contribution in [2.24, 2.45) is 0 Å². The summed E-state index contributed by atoms with van der Waals surface area (Å²) in [5, 5.41) is 2.89. The zero-order valence-electron chi connectivity index (χ0n) is 11.8. The molecule has 5 heteroatoms. The molecule has 3 N–H and O–H groups in total. The van der Waals surface area contributed by atoms with Crippen molar-refractivity contribution in [2.75, 3.05) is 29.6 Å². The summed E-state index contributed by atoms with van der Waals surface area (Å²) < 4.78 is 5.24. The van der Waals surface area contributed by atoms with Crippen LogP contribution in [0.1, 0.15) is 5.56 Å². The second kappa shape index (κ2) is 5.36. The molecule has 0 aliphatic carbocycles. The molecule has 1 aliphatic heterocycles. The Balaban J connectivity index is 1.82. The number of ether oxygens (including phenoxy) is 1. The number of anilines is 3. The van der Waals surface area contributed by atoms with Crippen molar-refractivity contribution in [3.63, 3.8) is 0 Å². The number of hydrogen-bond acceptors (Lipinski definition) is 3. The Morgan fingerprint density at radius 3 is 2.90 bits per heavy atom. The van der Waals surface area contributed by atoms with Gasteiger partial charge < -0.3 is 15.8 Å². The highest BCUT2D eigenvalue weighted by molar-refractivity contribution is 6.04. The summed E-state index contributed by atoms with van der Waals surface area (Å²) >= 11 is 0. The van der Waals surface area contributed by atoms with E-state index in [1.165, 1.54) is 0 Å². The summed E-state index contributed by atoms with van der Waals surface area (Å²) in [7, 11) is 1.58. The van der Waals surface area contributed by atoms with Gasteiger partial charge in [0.15, 0.2) is 0 Å². The molecule has 1 heterocycles. The highest BCUT2D eigenvalue weighted by Gasteiger charge is 2.25. The minimum Gasteiger partial charge on any atom is -0.495 e. The zero-order chi connectivity index (χ0) is 14.8. The van der Waals surface area contributed by atoms with Crippen molar-refractivity contribution < 1.29 is 9.53 Å². The second-order valence-electron chi connectivity index (χ2n) is 4.92. The number of nitrogens with one attached hydrogen (secondary N) is 1. The van der Waals surface area contributed by atoms with Crippen LogP contribution in [0.3, 0.4) is 0 Å². The number of hydrogen-bond donors (Lipinski definition) is 2. The lowest BCUT2D eigenvalue weighted by molar-refractivity contribution is 0.257. The molecule has 0 saturated heterocycles. The van der Waals surface area contributed by atoms with Crippen molar-refractivity contribution in [3.8, 4) is 5.75 Å². The first-order chi connectivity index (χ1) is 10.2. The summed E-state index contributed by atoms with van der Waals surface area (Å²) in [6.07, 6.45) is 0.819. The van der Waals surface area contributed by atoms with Gasteiger partial charge in [0, 0.05) is 17.9 Å². The molecule has 2 aromatic carbocycles. The first-order valence-corrected chi connectivity index (χ1v) is 6.79. The lowest BCUT2D eigenvalue weighted by Crippen LogP contribution is -2.33. The predicted molar refractivity (Wildman–Crippen MR) is 83.9 cm³/mol. The van der Waals surface area contributed by atoms with Gasteiger partial charge in [0.2, 0.25) is 0 Å². The molecule has 2 amide bonds. The third-order valence-electron chi connectivity index (χ3n) is 3.59. The molecule has 108 valence electrons. The average Bonchev–Trinajstić information content (AvgIpc) is 2.90. The Labute approximate surface area is 123 Å². The molecule has 0 bridgehead atoms. The van der Waals surface area contributed by atoms with E-state index < -0.39 is 0 Å². The van der Waals surface area contributed by atoms with Crippen LogP contribution in [0.4, 0.5) is 21.9 Å². The van der Waals surface area contributed by atoms with Crippen LogP contribution in [-0.2, 0) is 6.42 Å². The van der Waals surface area contributed by atoms with E-state index in [1.807, 2.05) is 42.5 Å². The molecule has 0 spiro atoms. The monoisotopic (exact) mass is 283 g/mol. The number of nitrogen functional groups attached to an aromatic ring is 1. The standard InChI is InChI=1S/C16H17N3O2/c1-21-15-5-3-2-4-13(15)18-16(20)19-9-8-11-10-12(17)6-7-14(11)19/h2-7,10H,8-9,17H2,1H3,(H,18,20). The normalized spacial score (nSPS) is 12.9. The maximum absolute atomic E-state index is 12.5. The summed E-state index contributed by atoms with van der Waals surface area (Å²) in [6, 6.07) is 12.8. The number of amides is 2. The van der Waals surface area contributed by atoms with Crippen LogP contribution in [0.25, 0.3) is 0 Å². The third kappa shape index (κ3) is 2.50. The molecule has 5 nitrogen and oxygen atoms in total. The fraction of sp³-hybridized carbons (Fsp3) is 0.188. The maximum Gasteiger partial charge on any atom is 0.326 e. The molecule has 0 unspecified atom stereocenters. The smallest absolute Gasteiger partial charge is 0.326 e. The van der Waals surface area contributed by atoms with Gasteiger partial charge in [-0.25, -0.2) is 4.79 Å². The van der Waals surface area contributed by atoms with Gasteiger partial charge in [0.05, 0.1) is 12.8 Å². The number of rotatable bonds is 2. The minimum absolute atomic E-state index is 0.164. The Hall–Kier alpha value is -2.69. The first kappa shape index (κ1) is 13.3. The molecule has 0 aromatic heterocycles. The summed E-state index contributed by atoms with van der Waals surface area (Å²) in [5.74, 6) is 0.641. The Kier molecular flexibility index (Phi) is 3.39. The summed E-state index contributed by atoms with van der Waals surface area (Å²) in [5.41, 5.74) is 9.18. The van der Waals surface area contributed by atoms with Gasteiger partial charge in [-0.2, -0.15) is 0 Å². The number of nitrogens with zero attached hydrogens (tertiary/aromatic N) is 1. The number of para-hydroxylation sites is 2. The van der Waals surface area contributed by atoms with Gasteiger partial charge in [0.1, 0.15) is 5.75 Å². The predicted octanol–water partition coefficient (Wildman–Crippen LogP) is 2.87. The van der Waals surface area contributed by atoms with E-state index in [0.717, 1.165) is 23.4 Å². The van der Waals surface area contributed by atoms with Crippen molar-refractivity contribution in [3.05, 3.63) is 48.0 Å². The van der Waals surface area contributed by atoms with E-state index in [2.05, 4.69) is 5.32 Å². The van der Waals surface area contributed by atoms with E-state index in [4.69, 9.17) is 10.5 Å². The number of methoxy groups -OCH3 is 1. The second-order valence-corrected chi connectivity index (χ2v) is 4.92. The lowest BCUT2D eigenvalue weighted by Gasteiger charge is -2.19. The quantitative estimate of drug-likeness (QED) is 0.833. The molecule has 21 heavy (non-hydrogen) atoms. The van der Waals surface area contributed by atoms with Crippen molar-refractivity contribution in [2.45, 2.75) is 6.42 Å². The summed E-state index contributed by atoms with van der Waals surface area (Å²) in [4.78, 5) is 14.2. The van der Waals surface area contributed by atoms with Gasteiger partial charge in [-0.3, -0.25) is 4.90 Å². The zero-order valence-corrected chi connectivity index (χ0v) is 11.8. The largest absolute Gasteiger partial charge is 0.495 e. The Morgan fingerprint density at radius 1 is 1.29 bits per heavy atom. The molecular formula is C16H17N3O2. The van der Waals surface area contributed by atoms with E-state index >= 15 is 0 Å². The Bertz CT molecular complexity index is 685. The SMILES string of the molecule is COc1ccccc1NC(=O)N1CCc2cc(N)ccc21. The Morgan fingerprint density at radius 2 is 2.10 bits per heavy atom. The van der Waals surface area contributed by atoms with Crippen LogP contribution < -0.4 is 20.7 Å². The molecule has 1 aliphatic rings. The van der Waals surface area contributed by atoms with Gasteiger partial charge in [0.25, 0.3) is 0 Å². The molecule has 0 saturated carbocycles. The van der Waals surface area contributed by atoms with Crippen LogP contribution in [0.2, 0.25) is 0 Å². The third-order valence-corrected chi connectivity index (χ3v) is 3.59. The highest BCUT2D eigenvalue weighted by Crippen LogP contribution is 2.31. The lowest BCUT2D eigenvalue weighted by atomic mass is 10.1. The average molecular weight is 283 g/mol. The minimum atomic E-state index is -0.164. The summed E-state index contributed by atoms with van der Waals surface area (Å²) in [6.45, 7) is 0.653. The van der Waals surface area contributed by atoms with Gasteiger partial charge in [-0.15, -0.1) is 0 Å². The van der Waals surface area contributed by atoms with Crippen molar-refractivity contribution in [1.29, 1.82) is 0 Å². The molecule has 3 rings (SSSR count). The van der Waals surface area contributed by atoms with Gasteiger partial charge in [-0.1, -0.05) is 12.1 Å². The fourth-order valence-corrected chi connectivity index (χ4v) is 2.56. The van der Waals surface area contributed by atoms with Crippen LogP contribution in [0, 0.1) is 0 Å². The number of nitrogens with two attached hydrogens (primary N) is 1. The number of urea groups is 1. The maximum atomic E-state index is 12.5. The molecular weight excluding hydrogens is 266 g/mol. The molecule has 2 aromatic rings. The topological polar surface area (TPSA) is 67.6 Å². The van der Waals surface area contributed by atoms with Crippen LogP contribution in [0.15, 0.2) is 42.5 Å². The highest BCUT2D eigenvalue weighted by atomic mass is 16.5. The van der Waals surface area contributed by atoms with E-state index in [-0.39, 0.29) is 6.03 Å². The van der Waals surface area contributed by atoms with E-state index in [1.54, 1.807) is 12.0 Å². The molecule has 0 fully saturated rings. The van der Waals surface area contributed by atoms with E-state index in [9.17, 15) is 4.79 Å². The number of carbonyl (C=O) groups excluding carboxylic acids is 1. The van der Waals surface area contributed by atoms with E-state index in [0.29, 0.717) is 18.0 Å². The number of benzene rings is 2. The van der Waals surface area contributed by atoms with Gasteiger partial charge in [-0.05, 0) is 42.3 Å². The van der Waals surface area contributed by atoms with Crippen molar-refractivity contribution >= 4 is 23.1 Å². The van der Waals surface area contributed by atoms with Gasteiger partial charge >= 0.3 is 6.03 Å². The number of fused-ring (bicyclic) bond motifs is 1. The molecule has 0 radical (unpaired) electrons. The number of carbonyl (C=O) groups is 1. The van der Waals surface area contributed by atoms with Crippen LogP contribution in [-0.4, -0.2) is 19.7 Å². The van der Waals surface area contributed by atoms with Crippen molar-refractivity contribution in [1.82, 2.24) is 0 Å². The van der Waals surface area contributed by atoms with Crippen LogP contribution >= 0.6 is 0 Å². The van der Waals surface area contributed by atoms with Crippen LogP contribution in [0.5, 0.6) is 5.75 Å². The molecule has 0 atom stereocenters.